The molecule has 2 aromatic rings. The van der Waals surface area contributed by atoms with E-state index in [1.807, 2.05) is 26.0 Å². The maximum Gasteiger partial charge on any atom is 0.279 e. The van der Waals surface area contributed by atoms with Gasteiger partial charge in [-0.05, 0) is 38.1 Å². The predicted molar refractivity (Wildman–Crippen MR) is 78.1 cm³/mol. The van der Waals surface area contributed by atoms with Crippen LogP contribution in [0.25, 0.3) is 0 Å². The third-order valence-corrected chi connectivity index (χ3v) is 4.54. The van der Waals surface area contributed by atoms with Crippen LogP contribution in [0.2, 0.25) is 0 Å². The molecule has 0 aliphatic rings. The Bertz CT molecular complexity index is 707. The summed E-state index contributed by atoms with van der Waals surface area (Å²) in [6.07, 6.45) is 1.51. The van der Waals surface area contributed by atoms with Crippen molar-refractivity contribution >= 4 is 15.7 Å². The van der Waals surface area contributed by atoms with Crippen LogP contribution in [0, 0.1) is 13.8 Å². The fourth-order valence-corrected chi connectivity index (χ4v) is 3.16. The largest absolute Gasteiger partial charge is 0.316 e. The SMILES string of the molecule is CNCc1cn[nH]c1S(=O)(=O)Nc1cccc(C)c1C. The first kappa shape index (κ1) is 14.5. The number of anilines is 1. The fourth-order valence-electron chi connectivity index (χ4n) is 1.91. The molecular formula is C13H18N4O2S. The molecule has 7 heteroatoms. The van der Waals surface area contributed by atoms with Crippen molar-refractivity contribution in [3.8, 4) is 0 Å². The third-order valence-electron chi connectivity index (χ3n) is 3.16. The first-order valence-corrected chi connectivity index (χ1v) is 7.70. The minimum atomic E-state index is -3.67. The summed E-state index contributed by atoms with van der Waals surface area (Å²) in [5.74, 6) is 0. The minimum Gasteiger partial charge on any atom is -0.316 e. The Labute approximate surface area is 118 Å². The maximum absolute atomic E-state index is 12.4. The predicted octanol–water partition coefficient (Wildman–Crippen LogP) is 1.55. The number of sulfonamides is 1. The minimum absolute atomic E-state index is 0.0905. The van der Waals surface area contributed by atoms with Gasteiger partial charge in [0.15, 0.2) is 5.03 Å². The van der Waals surface area contributed by atoms with Crippen LogP contribution >= 0.6 is 0 Å². The van der Waals surface area contributed by atoms with Crippen LogP contribution in [0.3, 0.4) is 0 Å². The van der Waals surface area contributed by atoms with Gasteiger partial charge in [0.05, 0.1) is 11.9 Å². The average molecular weight is 294 g/mol. The highest BCUT2D eigenvalue weighted by Gasteiger charge is 2.21. The van der Waals surface area contributed by atoms with Crippen LogP contribution in [0.1, 0.15) is 16.7 Å². The average Bonchev–Trinajstić information content (AvgIpc) is 2.84. The monoisotopic (exact) mass is 294 g/mol. The summed E-state index contributed by atoms with van der Waals surface area (Å²) in [5.41, 5.74) is 3.12. The van der Waals surface area contributed by atoms with Gasteiger partial charge in [-0.2, -0.15) is 13.5 Å². The summed E-state index contributed by atoms with van der Waals surface area (Å²) >= 11 is 0. The summed E-state index contributed by atoms with van der Waals surface area (Å²) in [7, 11) is -1.92. The Hall–Kier alpha value is -1.86. The number of aromatic amines is 1. The van der Waals surface area contributed by atoms with E-state index < -0.39 is 10.0 Å². The number of H-pyrrole nitrogens is 1. The number of rotatable bonds is 5. The molecule has 0 unspecified atom stereocenters. The van der Waals surface area contributed by atoms with Crippen LogP contribution in [0.5, 0.6) is 0 Å². The molecule has 0 bridgehead atoms. The van der Waals surface area contributed by atoms with Crippen molar-refractivity contribution in [2.45, 2.75) is 25.4 Å². The van der Waals surface area contributed by atoms with Crippen molar-refractivity contribution in [1.29, 1.82) is 0 Å². The number of aromatic nitrogens is 2. The Kier molecular flexibility index (Phi) is 4.10. The van der Waals surface area contributed by atoms with Gasteiger partial charge in [-0.1, -0.05) is 12.1 Å². The molecule has 0 saturated heterocycles. The van der Waals surface area contributed by atoms with Gasteiger partial charge in [0.2, 0.25) is 0 Å². The van der Waals surface area contributed by atoms with E-state index >= 15 is 0 Å². The molecule has 0 spiro atoms. The summed E-state index contributed by atoms with van der Waals surface area (Å²) < 4.78 is 27.4. The van der Waals surface area contributed by atoms with Crippen molar-refractivity contribution in [2.75, 3.05) is 11.8 Å². The van der Waals surface area contributed by atoms with Gasteiger partial charge in [-0.15, -0.1) is 0 Å². The Morgan fingerprint density at radius 1 is 1.30 bits per heavy atom. The smallest absolute Gasteiger partial charge is 0.279 e. The van der Waals surface area contributed by atoms with Crippen LogP contribution < -0.4 is 10.0 Å². The van der Waals surface area contributed by atoms with E-state index in [9.17, 15) is 8.42 Å². The molecule has 1 heterocycles. The lowest BCUT2D eigenvalue weighted by Gasteiger charge is -2.12. The summed E-state index contributed by atoms with van der Waals surface area (Å²) in [4.78, 5) is 0. The summed E-state index contributed by atoms with van der Waals surface area (Å²) in [6.45, 7) is 4.25. The number of nitrogens with one attached hydrogen (secondary N) is 3. The van der Waals surface area contributed by atoms with E-state index in [0.29, 0.717) is 17.8 Å². The van der Waals surface area contributed by atoms with Crippen LogP contribution in [0.15, 0.2) is 29.4 Å². The Morgan fingerprint density at radius 3 is 2.75 bits per heavy atom. The second-order valence-corrected chi connectivity index (χ2v) is 6.23. The van der Waals surface area contributed by atoms with Gasteiger partial charge in [-0.25, -0.2) is 0 Å². The van der Waals surface area contributed by atoms with Crippen LogP contribution in [-0.4, -0.2) is 25.7 Å². The quantitative estimate of drug-likeness (QED) is 0.781. The van der Waals surface area contributed by atoms with E-state index in [4.69, 9.17) is 0 Å². The molecule has 1 aromatic heterocycles. The molecule has 20 heavy (non-hydrogen) atoms. The zero-order valence-corrected chi connectivity index (χ0v) is 12.5. The van der Waals surface area contributed by atoms with Crippen LogP contribution in [-0.2, 0) is 16.6 Å². The van der Waals surface area contributed by atoms with Gasteiger partial charge in [0.25, 0.3) is 10.0 Å². The standard InChI is InChI=1S/C13H18N4O2S/c1-9-5-4-6-12(10(9)2)17-20(18,19)13-11(7-14-3)8-15-16-13/h4-6,8,14,17H,7H2,1-3H3,(H,15,16). The van der Waals surface area contributed by atoms with Gasteiger partial charge in [-0.3, -0.25) is 9.82 Å². The molecule has 0 radical (unpaired) electrons. The molecule has 0 amide bonds. The lowest BCUT2D eigenvalue weighted by Crippen LogP contribution is -2.17. The van der Waals surface area contributed by atoms with Gasteiger partial charge in [0, 0.05) is 12.1 Å². The lowest BCUT2D eigenvalue weighted by atomic mass is 10.1. The highest BCUT2D eigenvalue weighted by Crippen LogP contribution is 2.22. The molecule has 0 saturated carbocycles. The molecule has 108 valence electrons. The molecule has 0 aliphatic carbocycles. The van der Waals surface area contributed by atoms with Crippen molar-refractivity contribution in [2.24, 2.45) is 0 Å². The molecule has 0 atom stereocenters. The van der Waals surface area contributed by atoms with E-state index in [2.05, 4.69) is 20.2 Å². The number of hydrogen-bond acceptors (Lipinski definition) is 4. The maximum atomic E-state index is 12.4. The summed E-state index contributed by atoms with van der Waals surface area (Å²) in [5, 5.41) is 9.35. The first-order valence-electron chi connectivity index (χ1n) is 6.21. The second-order valence-electron chi connectivity index (χ2n) is 4.61. The molecule has 0 fully saturated rings. The topological polar surface area (TPSA) is 86.9 Å². The molecule has 2 rings (SSSR count). The second kappa shape index (κ2) is 5.64. The third kappa shape index (κ3) is 2.83. The van der Waals surface area contributed by atoms with Crippen molar-refractivity contribution < 1.29 is 8.42 Å². The lowest BCUT2D eigenvalue weighted by molar-refractivity contribution is 0.595. The molecule has 1 aromatic carbocycles. The van der Waals surface area contributed by atoms with Gasteiger partial charge in [0.1, 0.15) is 0 Å². The Morgan fingerprint density at radius 2 is 2.05 bits per heavy atom. The normalized spacial score (nSPS) is 11.6. The van der Waals surface area contributed by atoms with Crippen LogP contribution in [0.4, 0.5) is 5.69 Å². The van der Waals surface area contributed by atoms with E-state index in [0.717, 1.165) is 11.1 Å². The van der Waals surface area contributed by atoms with Gasteiger partial charge < -0.3 is 5.32 Å². The fraction of sp³-hybridized carbons (Fsp3) is 0.308. The number of benzene rings is 1. The number of aryl methyl sites for hydroxylation is 1. The van der Waals surface area contributed by atoms with E-state index in [1.165, 1.54) is 6.20 Å². The number of nitrogens with zero attached hydrogens (tertiary/aromatic N) is 1. The van der Waals surface area contributed by atoms with Crippen molar-refractivity contribution in [3.63, 3.8) is 0 Å². The highest BCUT2D eigenvalue weighted by atomic mass is 32.2. The molecule has 3 N–H and O–H groups in total. The molecule has 6 nitrogen and oxygen atoms in total. The highest BCUT2D eigenvalue weighted by molar-refractivity contribution is 7.92. The Balaban J connectivity index is 2.36. The van der Waals surface area contributed by atoms with Crippen molar-refractivity contribution in [3.05, 3.63) is 41.1 Å². The number of hydrogen-bond donors (Lipinski definition) is 3. The van der Waals surface area contributed by atoms with Crippen molar-refractivity contribution in [1.82, 2.24) is 15.5 Å². The zero-order chi connectivity index (χ0) is 14.8. The zero-order valence-electron chi connectivity index (χ0n) is 11.7. The van der Waals surface area contributed by atoms with Gasteiger partial charge >= 0.3 is 0 Å². The van der Waals surface area contributed by atoms with E-state index in [-0.39, 0.29) is 5.03 Å². The first-order chi connectivity index (χ1) is 9.45. The van der Waals surface area contributed by atoms with E-state index in [1.54, 1.807) is 13.1 Å². The molecular weight excluding hydrogens is 276 g/mol. The summed E-state index contributed by atoms with van der Waals surface area (Å²) in [6, 6.07) is 5.51. The molecule has 0 aliphatic heterocycles.